The number of nitrogens with zero attached hydrogens (tertiary/aromatic N) is 2. The quantitative estimate of drug-likeness (QED) is 0.868. The number of amides is 1. The van der Waals surface area contributed by atoms with E-state index in [9.17, 15) is 4.79 Å². The summed E-state index contributed by atoms with van der Waals surface area (Å²) in [6, 6.07) is 8.04. The molecule has 1 aliphatic heterocycles. The zero-order chi connectivity index (χ0) is 14.7. The van der Waals surface area contributed by atoms with E-state index in [4.69, 9.17) is 0 Å². The summed E-state index contributed by atoms with van der Waals surface area (Å²) >= 11 is 1.55. The molecule has 1 atom stereocenters. The molecule has 21 heavy (non-hydrogen) atoms. The number of aryl methyl sites for hydroxylation is 1. The molecule has 0 spiro atoms. The maximum Gasteiger partial charge on any atom is 0.263 e. The van der Waals surface area contributed by atoms with Crippen molar-refractivity contribution in [3.8, 4) is 0 Å². The number of piperidine rings is 1. The Balaban J connectivity index is 1.64. The number of thiophene rings is 1. The largest absolute Gasteiger partial charge is 0.338 e. The summed E-state index contributed by atoms with van der Waals surface area (Å²) in [5.41, 5.74) is 2.30. The zero-order valence-corrected chi connectivity index (χ0v) is 13.1. The molecule has 1 saturated heterocycles. The second kappa shape index (κ2) is 6.39. The highest BCUT2D eigenvalue weighted by atomic mass is 32.1. The van der Waals surface area contributed by atoms with E-state index in [0.717, 1.165) is 36.5 Å². The Morgan fingerprint density at radius 2 is 2.38 bits per heavy atom. The molecule has 0 aliphatic carbocycles. The van der Waals surface area contributed by atoms with E-state index in [2.05, 4.69) is 11.1 Å². The molecule has 0 aromatic carbocycles. The number of hydrogen-bond donors (Lipinski definition) is 0. The van der Waals surface area contributed by atoms with Crippen LogP contribution in [0.5, 0.6) is 0 Å². The van der Waals surface area contributed by atoms with Crippen molar-refractivity contribution in [2.75, 3.05) is 13.1 Å². The number of rotatable bonds is 3. The third kappa shape index (κ3) is 3.50. The lowest BCUT2D eigenvalue weighted by Gasteiger charge is -2.32. The molecule has 2 aromatic heterocycles. The van der Waals surface area contributed by atoms with Crippen molar-refractivity contribution in [1.29, 1.82) is 0 Å². The van der Waals surface area contributed by atoms with Crippen LogP contribution in [0.2, 0.25) is 0 Å². The lowest BCUT2D eigenvalue weighted by Crippen LogP contribution is -2.40. The SMILES string of the molecule is Cc1csc(C(=O)N2CCC[C@@H](Cc3ccccn3)C2)c1. The summed E-state index contributed by atoms with van der Waals surface area (Å²) in [4.78, 5) is 19.8. The summed E-state index contributed by atoms with van der Waals surface area (Å²) in [6.45, 7) is 3.77. The molecule has 110 valence electrons. The van der Waals surface area contributed by atoms with Gasteiger partial charge in [0, 0.05) is 25.0 Å². The number of aromatic nitrogens is 1. The van der Waals surface area contributed by atoms with Crippen LogP contribution in [0.1, 0.15) is 33.8 Å². The second-order valence-corrected chi connectivity index (χ2v) is 6.68. The summed E-state index contributed by atoms with van der Waals surface area (Å²) < 4.78 is 0. The van der Waals surface area contributed by atoms with Crippen molar-refractivity contribution < 1.29 is 4.79 Å². The maximum absolute atomic E-state index is 12.5. The van der Waals surface area contributed by atoms with Gasteiger partial charge >= 0.3 is 0 Å². The van der Waals surface area contributed by atoms with Crippen molar-refractivity contribution in [2.45, 2.75) is 26.2 Å². The molecule has 1 aliphatic rings. The fourth-order valence-corrected chi connectivity index (χ4v) is 3.79. The number of pyridine rings is 1. The molecule has 3 heterocycles. The summed E-state index contributed by atoms with van der Waals surface area (Å²) in [6.07, 6.45) is 5.08. The van der Waals surface area contributed by atoms with Gasteiger partial charge in [0.15, 0.2) is 0 Å². The maximum atomic E-state index is 12.5. The number of carbonyl (C=O) groups excluding carboxylic acids is 1. The fraction of sp³-hybridized carbons (Fsp3) is 0.412. The van der Waals surface area contributed by atoms with Crippen LogP contribution < -0.4 is 0 Å². The molecule has 4 heteroatoms. The minimum Gasteiger partial charge on any atom is -0.338 e. The number of likely N-dealkylation sites (tertiary alicyclic amines) is 1. The Bertz CT molecular complexity index is 608. The molecule has 0 bridgehead atoms. The van der Waals surface area contributed by atoms with Gasteiger partial charge in [-0.3, -0.25) is 9.78 Å². The minimum atomic E-state index is 0.193. The zero-order valence-electron chi connectivity index (χ0n) is 12.3. The first-order chi connectivity index (χ1) is 10.2. The van der Waals surface area contributed by atoms with Gasteiger partial charge in [-0.05, 0) is 61.2 Å². The number of hydrogen-bond acceptors (Lipinski definition) is 3. The number of carbonyl (C=O) groups is 1. The molecule has 1 fully saturated rings. The van der Waals surface area contributed by atoms with Crippen LogP contribution in [0, 0.1) is 12.8 Å². The van der Waals surface area contributed by atoms with Crippen LogP contribution in [0.15, 0.2) is 35.8 Å². The molecular formula is C17H20N2OS. The highest BCUT2D eigenvalue weighted by Gasteiger charge is 2.25. The summed E-state index contributed by atoms with van der Waals surface area (Å²) in [5, 5.41) is 2.04. The van der Waals surface area contributed by atoms with E-state index in [1.165, 1.54) is 12.0 Å². The molecule has 1 amide bonds. The van der Waals surface area contributed by atoms with Crippen molar-refractivity contribution in [2.24, 2.45) is 5.92 Å². The van der Waals surface area contributed by atoms with Gasteiger partial charge in [0.05, 0.1) is 4.88 Å². The van der Waals surface area contributed by atoms with Crippen LogP contribution in [0.4, 0.5) is 0 Å². The van der Waals surface area contributed by atoms with Crippen LogP contribution in [0.3, 0.4) is 0 Å². The molecule has 0 N–H and O–H groups in total. The Kier molecular flexibility index (Phi) is 4.34. The highest BCUT2D eigenvalue weighted by Crippen LogP contribution is 2.23. The second-order valence-electron chi connectivity index (χ2n) is 5.77. The van der Waals surface area contributed by atoms with Crippen LogP contribution in [-0.4, -0.2) is 28.9 Å². The topological polar surface area (TPSA) is 33.2 Å². The third-order valence-electron chi connectivity index (χ3n) is 3.97. The lowest BCUT2D eigenvalue weighted by molar-refractivity contribution is 0.0677. The summed E-state index contributed by atoms with van der Waals surface area (Å²) in [5.74, 6) is 0.720. The van der Waals surface area contributed by atoms with Crippen molar-refractivity contribution in [1.82, 2.24) is 9.88 Å². The van der Waals surface area contributed by atoms with Gasteiger partial charge in [-0.25, -0.2) is 0 Å². The first kappa shape index (κ1) is 14.3. The normalized spacial score (nSPS) is 18.7. The van der Waals surface area contributed by atoms with Crippen molar-refractivity contribution in [3.63, 3.8) is 0 Å². The molecule has 0 radical (unpaired) electrons. The molecule has 3 rings (SSSR count). The predicted octanol–water partition coefficient (Wildman–Crippen LogP) is 3.55. The Labute approximate surface area is 129 Å². The summed E-state index contributed by atoms with van der Waals surface area (Å²) in [7, 11) is 0. The van der Waals surface area contributed by atoms with E-state index in [1.807, 2.05) is 41.6 Å². The molecular weight excluding hydrogens is 280 g/mol. The van der Waals surface area contributed by atoms with E-state index < -0.39 is 0 Å². The first-order valence-corrected chi connectivity index (χ1v) is 8.34. The van der Waals surface area contributed by atoms with Gasteiger partial charge in [0.1, 0.15) is 0 Å². The van der Waals surface area contributed by atoms with Gasteiger partial charge in [-0.15, -0.1) is 11.3 Å². The van der Waals surface area contributed by atoms with E-state index in [0.29, 0.717) is 5.92 Å². The monoisotopic (exact) mass is 300 g/mol. The van der Waals surface area contributed by atoms with Gasteiger partial charge in [-0.1, -0.05) is 6.07 Å². The van der Waals surface area contributed by atoms with Crippen LogP contribution in [0.25, 0.3) is 0 Å². The average Bonchev–Trinajstić information content (AvgIpc) is 2.94. The van der Waals surface area contributed by atoms with E-state index in [1.54, 1.807) is 11.3 Å². The van der Waals surface area contributed by atoms with E-state index in [-0.39, 0.29) is 5.91 Å². The Morgan fingerprint density at radius 1 is 1.48 bits per heavy atom. The Morgan fingerprint density at radius 3 is 3.10 bits per heavy atom. The van der Waals surface area contributed by atoms with Gasteiger partial charge in [0.2, 0.25) is 0 Å². The fourth-order valence-electron chi connectivity index (χ4n) is 2.93. The van der Waals surface area contributed by atoms with Crippen molar-refractivity contribution in [3.05, 3.63) is 52.0 Å². The predicted molar refractivity (Wildman–Crippen MR) is 85.6 cm³/mol. The Hall–Kier alpha value is -1.68. The molecule has 0 unspecified atom stereocenters. The molecule has 0 saturated carbocycles. The van der Waals surface area contributed by atoms with Gasteiger partial charge < -0.3 is 4.90 Å². The van der Waals surface area contributed by atoms with Gasteiger partial charge in [-0.2, -0.15) is 0 Å². The average molecular weight is 300 g/mol. The minimum absolute atomic E-state index is 0.193. The smallest absolute Gasteiger partial charge is 0.263 e. The highest BCUT2D eigenvalue weighted by molar-refractivity contribution is 7.12. The van der Waals surface area contributed by atoms with Crippen molar-refractivity contribution >= 4 is 17.2 Å². The standard InChI is InChI=1S/C17H20N2OS/c1-13-9-16(21-12-13)17(20)19-8-4-5-14(11-19)10-15-6-2-3-7-18-15/h2-3,6-7,9,12,14H,4-5,8,10-11H2,1H3/t14-/m0/s1. The van der Waals surface area contributed by atoms with Gasteiger partial charge in [0.25, 0.3) is 5.91 Å². The molecule has 3 nitrogen and oxygen atoms in total. The van der Waals surface area contributed by atoms with Crippen LogP contribution in [-0.2, 0) is 6.42 Å². The molecule has 2 aromatic rings. The van der Waals surface area contributed by atoms with E-state index >= 15 is 0 Å². The van der Waals surface area contributed by atoms with Crippen LogP contribution >= 0.6 is 11.3 Å². The lowest BCUT2D eigenvalue weighted by atomic mass is 9.93. The first-order valence-electron chi connectivity index (χ1n) is 7.46. The third-order valence-corrected chi connectivity index (χ3v) is 5.01.